The van der Waals surface area contributed by atoms with Gasteiger partial charge in [-0.05, 0) is 48.5 Å². The highest BCUT2D eigenvalue weighted by Crippen LogP contribution is 2.20. The lowest BCUT2D eigenvalue weighted by molar-refractivity contribution is 0.384. The fraction of sp³-hybridized carbons (Fsp3) is 0.125. The van der Waals surface area contributed by atoms with Gasteiger partial charge in [-0.2, -0.15) is 4.98 Å². The van der Waals surface area contributed by atoms with Crippen LogP contribution in [0, 0.1) is 0 Å². The summed E-state index contributed by atoms with van der Waals surface area (Å²) in [5, 5.41) is 7.23. The molecule has 3 rings (SSSR count). The Morgan fingerprint density at radius 2 is 1.82 bits per heavy atom. The van der Waals surface area contributed by atoms with E-state index in [9.17, 15) is 0 Å². The van der Waals surface area contributed by atoms with Crippen LogP contribution in [0.5, 0.6) is 5.75 Å². The molecule has 22 heavy (non-hydrogen) atoms. The predicted octanol–water partition coefficient (Wildman–Crippen LogP) is 4.12. The normalized spacial score (nSPS) is 10.5. The third kappa shape index (κ3) is 3.46. The molecule has 0 aliphatic rings. The molecule has 0 amide bonds. The average Bonchev–Trinajstić information content (AvgIpc) is 3.03. The van der Waals surface area contributed by atoms with Crippen molar-refractivity contribution in [1.82, 2.24) is 10.1 Å². The van der Waals surface area contributed by atoms with Gasteiger partial charge in [-0.1, -0.05) is 21.1 Å². The molecule has 0 saturated carbocycles. The van der Waals surface area contributed by atoms with Gasteiger partial charge in [0.1, 0.15) is 5.75 Å². The van der Waals surface area contributed by atoms with Crippen LogP contribution in [0.4, 0.5) is 5.69 Å². The number of hydrogen-bond acceptors (Lipinski definition) is 5. The monoisotopic (exact) mass is 359 g/mol. The smallest absolute Gasteiger partial charge is 0.246 e. The van der Waals surface area contributed by atoms with E-state index in [1.165, 1.54) is 0 Å². The average molecular weight is 360 g/mol. The molecular weight excluding hydrogens is 346 g/mol. The van der Waals surface area contributed by atoms with Crippen LogP contribution in [0.15, 0.2) is 57.5 Å². The number of aromatic nitrogens is 2. The van der Waals surface area contributed by atoms with Crippen LogP contribution in [0.3, 0.4) is 0 Å². The van der Waals surface area contributed by atoms with Crippen molar-refractivity contribution in [1.29, 1.82) is 0 Å². The second kappa shape index (κ2) is 6.62. The van der Waals surface area contributed by atoms with Crippen molar-refractivity contribution < 1.29 is 9.26 Å². The Morgan fingerprint density at radius 1 is 1.09 bits per heavy atom. The van der Waals surface area contributed by atoms with Crippen molar-refractivity contribution in [3.63, 3.8) is 0 Å². The van der Waals surface area contributed by atoms with E-state index in [0.717, 1.165) is 21.5 Å². The summed E-state index contributed by atoms with van der Waals surface area (Å²) in [6.45, 7) is 0.477. The van der Waals surface area contributed by atoms with Crippen molar-refractivity contribution in [3.05, 3.63) is 58.9 Å². The summed E-state index contributed by atoms with van der Waals surface area (Å²) < 4.78 is 11.4. The van der Waals surface area contributed by atoms with E-state index in [-0.39, 0.29) is 0 Å². The molecule has 0 unspecified atom stereocenters. The minimum atomic E-state index is 0.477. The molecular formula is C16H14BrN3O2. The van der Waals surface area contributed by atoms with Crippen LogP contribution in [0.2, 0.25) is 0 Å². The van der Waals surface area contributed by atoms with Gasteiger partial charge in [-0.25, -0.2) is 0 Å². The summed E-state index contributed by atoms with van der Waals surface area (Å²) in [6, 6.07) is 15.4. The van der Waals surface area contributed by atoms with Crippen molar-refractivity contribution in [3.8, 4) is 17.1 Å². The van der Waals surface area contributed by atoms with Gasteiger partial charge in [-0.3, -0.25) is 0 Å². The Labute approximate surface area is 136 Å². The zero-order valence-electron chi connectivity index (χ0n) is 11.9. The summed E-state index contributed by atoms with van der Waals surface area (Å²) in [4.78, 5) is 4.38. The van der Waals surface area contributed by atoms with Crippen LogP contribution in [0.25, 0.3) is 11.4 Å². The van der Waals surface area contributed by atoms with Crippen LogP contribution < -0.4 is 10.1 Å². The molecule has 0 spiro atoms. The number of nitrogens with zero attached hydrogens (tertiary/aromatic N) is 2. The quantitative estimate of drug-likeness (QED) is 0.742. The van der Waals surface area contributed by atoms with Gasteiger partial charge >= 0.3 is 0 Å². The molecule has 0 atom stereocenters. The molecule has 0 aliphatic carbocycles. The van der Waals surface area contributed by atoms with Crippen molar-refractivity contribution in [2.24, 2.45) is 0 Å². The van der Waals surface area contributed by atoms with Crippen LogP contribution in [-0.4, -0.2) is 17.3 Å². The van der Waals surface area contributed by atoms with Crippen molar-refractivity contribution in [2.75, 3.05) is 12.4 Å². The van der Waals surface area contributed by atoms with Crippen molar-refractivity contribution in [2.45, 2.75) is 6.54 Å². The number of methoxy groups -OCH3 is 1. The van der Waals surface area contributed by atoms with E-state index in [1.54, 1.807) is 7.11 Å². The van der Waals surface area contributed by atoms with Gasteiger partial charge in [0.05, 0.1) is 13.7 Å². The third-order valence-corrected chi connectivity index (χ3v) is 3.63. The number of rotatable bonds is 5. The standard InChI is InChI=1S/C16H14BrN3O2/c1-21-14-8-2-11(3-9-14)16-19-15(22-20-16)10-18-13-6-4-12(17)5-7-13/h2-9,18H,10H2,1H3. The molecule has 112 valence electrons. The highest BCUT2D eigenvalue weighted by Gasteiger charge is 2.08. The lowest BCUT2D eigenvalue weighted by Crippen LogP contribution is -1.99. The minimum absolute atomic E-state index is 0.477. The Balaban J connectivity index is 1.66. The Kier molecular flexibility index (Phi) is 4.39. The number of benzene rings is 2. The maximum absolute atomic E-state index is 5.26. The van der Waals surface area contributed by atoms with E-state index < -0.39 is 0 Å². The zero-order chi connectivity index (χ0) is 15.4. The van der Waals surface area contributed by atoms with Crippen LogP contribution >= 0.6 is 15.9 Å². The lowest BCUT2D eigenvalue weighted by Gasteiger charge is -2.02. The first-order valence-corrected chi connectivity index (χ1v) is 7.50. The Bertz CT molecular complexity index is 739. The number of nitrogens with one attached hydrogen (secondary N) is 1. The van der Waals surface area contributed by atoms with E-state index >= 15 is 0 Å². The van der Waals surface area contributed by atoms with Gasteiger partial charge in [0.2, 0.25) is 11.7 Å². The third-order valence-electron chi connectivity index (χ3n) is 3.10. The zero-order valence-corrected chi connectivity index (χ0v) is 13.5. The molecule has 3 aromatic rings. The maximum Gasteiger partial charge on any atom is 0.246 e. The van der Waals surface area contributed by atoms with E-state index in [1.807, 2.05) is 48.5 Å². The first kappa shape index (κ1) is 14.6. The van der Waals surface area contributed by atoms with Gasteiger partial charge in [0, 0.05) is 15.7 Å². The summed E-state index contributed by atoms with van der Waals surface area (Å²) >= 11 is 3.40. The second-order valence-electron chi connectivity index (χ2n) is 4.60. The van der Waals surface area contributed by atoms with E-state index in [2.05, 4.69) is 31.4 Å². The molecule has 1 aromatic heterocycles. The predicted molar refractivity (Wildman–Crippen MR) is 87.8 cm³/mol. The number of ether oxygens (including phenoxy) is 1. The highest BCUT2D eigenvalue weighted by molar-refractivity contribution is 9.10. The topological polar surface area (TPSA) is 60.2 Å². The number of halogens is 1. The fourth-order valence-electron chi connectivity index (χ4n) is 1.93. The number of hydrogen-bond donors (Lipinski definition) is 1. The largest absolute Gasteiger partial charge is 0.497 e. The SMILES string of the molecule is COc1ccc(-c2noc(CNc3ccc(Br)cc3)n2)cc1. The summed E-state index contributed by atoms with van der Waals surface area (Å²) in [5.41, 5.74) is 1.88. The first-order chi connectivity index (χ1) is 10.7. The Hall–Kier alpha value is -2.34. The molecule has 6 heteroatoms. The van der Waals surface area contributed by atoms with Crippen molar-refractivity contribution >= 4 is 21.6 Å². The van der Waals surface area contributed by atoms with Gasteiger partial charge in [0.15, 0.2) is 0 Å². The summed E-state index contributed by atoms with van der Waals surface area (Å²) in [7, 11) is 1.63. The first-order valence-electron chi connectivity index (χ1n) is 6.71. The lowest BCUT2D eigenvalue weighted by atomic mass is 10.2. The molecule has 0 saturated heterocycles. The molecule has 1 heterocycles. The molecule has 2 aromatic carbocycles. The van der Waals surface area contributed by atoms with Gasteiger partial charge in [-0.15, -0.1) is 0 Å². The van der Waals surface area contributed by atoms with Crippen LogP contribution in [0.1, 0.15) is 5.89 Å². The van der Waals surface area contributed by atoms with Gasteiger partial charge in [0.25, 0.3) is 0 Å². The fourth-order valence-corrected chi connectivity index (χ4v) is 2.19. The molecule has 0 radical (unpaired) electrons. The Morgan fingerprint density at radius 3 is 2.50 bits per heavy atom. The van der Waals surface area contributed by atoms with Crippen LogP contribution in [-0.2, 0) is 6.54 Å². The highest BCUT2D eigenvalue weighted by atomic mass is 79.9. The maximum atomic E-state index is 5.26. The number of anilines is 1. The molecule has 5 nitrogen and oxygen atoms in total. The van der Waals surface area contributed by atoms with Gasteiger partial charge < -0.3 is 14.6 Å². The second-order valence-corrected chi connectivity index (χ2v) is 5.52. The summed E-state index contributed by atoms with van der Waals surface area (Å²) in [6.07, 6.45) is 0. The van der Waals surface area contributed by atoms with E-state index in [4.69, 9.17) is 9.26 Å². The van der Waals surface area contributed by atoms with E-state index in [0.29, 0.717) is 18.3 Å². The molecule has 1 N–H and O–H groups in total. The molecule has 0 aliphatic heterocycles. The molecule has 0 bridgehead atoms. The summed E-state index contributed by atoms with van der Waals surface area (Å²) in [5.74, 6) is 1.90. The minimum Gasteiger partial charge on any atom is -0.497 e. The molecule has 0 fully saturated rings.